The third-order valence-corrected chi connectivity index (χ3v) is 5.19. The second-order valence-electron chi connectivity index (χ2n) is 6.89. The summed E-state index contributed by atoms with van der Waals surface area (Å²) in [6.07, 6.45) is 14.6. The lowest BCUT2D eigenvalue weighted by Crippen LogP contribution is -2.25. The molecule has 0 heterocycles. The minimum Gasteiger partial charge on any atom is -0.378 e. The van der Waals surface area contributed by atoms with Gasteiger partial charge in [-0.25, -0.2) is 0 Å². The van der Waals surface area contributed by atoms with E-state index in [4.69, 9.17) is 4.74 Å². The molecule has 2 fully saturated rings. The fraction of sp³-hybridized carbons (Fsp3) is 1.00. The molecule has 106 valence electrons. The lowest BCUT2D eigenvalue weighted by Gasteiger charge is -2.31. The summed E-state index contributed by atoms with van der Waals surface area (Å²) in [5.41, 5.74) is 0. The van der Waals surface area contributed by atoms with Gasteiger partial charge in [0.1, 0.15) is 0 Å². The zero-order valence-electron chi connectivity index (χ0n) is 12.5. The van der Waals surface area contributed by atoms with Gasteiger partial charge in [-0.05, 0) is 56.3 Å². The van der Waals surface area contributed by atoms with Gasteiger partial charge in [0, 0.05) is 6.61 Å². The largest absolute Gasteiger partial charge is 0.378 e. The van der Waals surface area contributed by atoms with E-state index in [2.05, 4.69) is 13.8 Å². The molecule has 2 saturated carbocycles. The molecule has 0 saturated heterocycles. The Morgan fingerprint density at radius 2 is 1.44 bits per heavy atom. The van der Waals surface area contributed by atoms with Crippen LogP contribution in [0.5, 0.6) is 0 Å². The number of ether oxygens (including phenoxy) is 1. The van der Waals surface area contributed by atoms with E-state index in [-0.39, 0.29) is 0 Å². The van der Waals surface area contributed by atoms with Gasteiger partial charge >= 0.3 is 0 Å². The molecule has 0 aromatic carbocycles. The summed E-state index contributed by atoms with van der Waals surface area (Å²) in [6.45, 7) is 5.76. The van der Waals surface area contributed by atoms with Crippen molar-refractivity contribution in [3.8, 4) is 0 Å². The van der Waals surface area contributed by atoms with E-state index < -0.39 is 0 Å². The number of hydrogen-bond donors (Lipinski definition) is 0. The molecule has 0 aliphatic heterocycles. The molecule has 0 aromatic heterocycles. The Bertz CT molecular complexity index is 210. The maximum Gasteiger partial charge on any atom is 0.0575 e. The molecule has 2 aliphatic rings. The molecular formula is C17H32O. The highest BCUT2D eigenvalue weighted by Gasteiger charge is 2.23. The van der Waals surface area contributed by atoms with Crippen LogP contribution in [0.1, 0.15) is 78.1 Å². The highest BCUT2D eigenvalue weighted by Crippen LogP contribution is 2.32. The molecule has 18 heavy (non-hydrogen) atoms. The summed E-state index contributed by atoms with van der Waals surface area (Å²) in [5.74, 6) is 2.84. The first-order valence-electron chi connectivity index (χ1n) is 8.39. The quantitative estimate of drug-likeness (QED) is 0.654. The van der Waals surface area contributed by atoms with E-state index in [1.54, 1.807) is 0 Å². The van der Waals surface area contributed by atoms with E-state index >= 15 is 0 Å². The Hall–Kier alpha value is -0.0400. The van der Waals surface area contributed by atoms with E-state index in [0.717, 1.165) is 24.4 Å². The minimum atomic E-state index is 0.595. The van der Waals surface area contributed by atoms with Crippen LogP contribution in [-0.4, -0.2) is 12.7 Å². The van der Waals surface area contributed by atoms with Crippen LogP contribution in [0, 0.1) is 17.8 Å². The first-order chi connectivity index (χ1) is 8.78. The van der Waals surface area contributed by atoms with Gasteiger partial charge in [0.2, 0.25) is 0 Å². The van der Waals surface area contributed by atoms with Crippen molar-refractivity contribution in [2.45, 2.75) is 84.2 Å². The van der Waals surface area contributed by atoms with Crippen molar-refractivity contribution in [3.05, 3.63) is 0 Å². The zero-order chi connectivity index (χ0) is 12.8. The van der Waals surface area contributed by atoms with Crippen LogP contribution in [0.15, 0.2) is 0 Å². The minimum absolute atomic E-state index is 0.595. The second kappa shape index (κ2) is 7.53. The van der Waals surface area contributed by atoms with Gasteiger partial charge in [-0.15, -0.1) is 0 Å². The third-order valence-electron chi connectivity index (χ3n) is 5.19. The van der Waals surface area contributed by atoms with Crippen LogP contribution in [0.25, 0.3) is 0 Å². The van der Waals surface area contributed by atoms with Crippen molar-refractivity contribution < 1.29 is 4.74 Å². The average Bonchev–Trinajstić information content (AvgIpc) is 2.40. The van der Waals surface area contributed by atoms with Gasteiger partial charge < -0.3 is 4.74 Å². The highest BCUT2D eigenvalue weighted by atomic mass is 16.5. The fourth-order valence-corrected chi connectivity index (χ4v) is 3.76. The molecule has 0 atom stereocenters. The lowest BCUT2D eigenvalue weighted by atomic mass is 9.83. The van der Waals surface area contributed by atoms with Gasteiger partial charge in [-0.2, -0.15) is 0 Å². The molecule has 0 N–H and O–H groups in total. The normalized spacial score (nSPS) is 37.7. The molecule has 0 radical (unpaired) electrons. The maximum atomic E-state index is 6.18. The van der Waals surface area contributed by atoms with Crippen molar-refractivity contribution in [1.82, 2.24) is 0 Å². The van der Waals surface area contributed by atoms with E-state index in [1.165, 1.54) is 64.2 Å². The molecule has 1 heteroatoms. The Balaban J connectivity index is 1.57. The summed E-state index contributed by atoms with van der Waals surface area (Å²) in [7, 11) is 0. The third kappa shape index (κ3) is 4.57. The molecule has 0 aromatic rings. The standard InChI is InChI=1S/C17H32O/c1-3-4-15-9-11-17(12-10-15)18-13-16-7-5-14(2)6-8-16/h14-17H,3-13H2,1-2H3. The zero-order valence-corrected chi connectivity index (χ0v) is 12.5. The predicted molar refractivity (Wildman–Crippen MR) is 77.7 cm³/mol. The van der Waals surface area contributed by atoms with Gasteiger partial charge in [0.25, 0.3) is 0 Å². The molecular weight excluding hydrogens is 220 g/mol. The summed E-state index contributed by atoms with van der Waals surface area (Å²) in [6, 6.07) is 0. The summed E-state index contributed by atoms with van der Waals surface area (Å²) in [4.78, 5) is 0. The van der Waals surface area contributed by atoms with Crippen LogP contribution in [0.4, 0.5) is 0 Å². The SMILES string of the molecule is CCCC1CCC(OCC2CCC(C)CC2)CC1. The Morgan fingerprint density at radius 3 is 2.06 bits per heavy atom. The molecule has 0 amide bonds. The topological polar surface area (TPSA) is 9.23 Å². The van der Waals surface area contributed by atoms with Crippen LogP contribution in [0.3, 0.4) is 0 Å². The van der Waals surface area contributed by atoms with E-state index in [9.17, 15) is 0 Å². The Kier molecular flexibility index (Phi) is 6.01. The summed E-state index contributed by atoms with van der Waals surface area (Å²) >= 11 is 0. The molecule has 0 unspecified atom stereocenters. The predicted octanol–water partition coefficient (Wildman–Crippen LogP) is 5.19. The molecule has 2 rings (SSSR count). The fourth-order valence-electron chi connectivity index (χ4n) is 3.76. The van der Waals surface area contributed by atoms with Crippen molar-refractivity contribution in [1.29, 1.82) is 0 Å². The first-order valence-corrected chi connectivity index (χ1v) is 8.39. The van der Waals surface area contributed by atoms with Crippen molar-refractivity contribution in [3.63, 3.8) is 0 Å². The van der Waals surface area contributed by atoms with Crippen LogP contribution in [-0.2, 0) is 4.74 Å². The maximum absolute atomic E-state index is 6.18. The summed E-state index contributed by atoms with van der Waals surface area (Å²) < 4.78 is 6.18. The number of rotatable bonds is 5. The molecule has 2 aliphatic carbocycles. The van der Waals surface area contributed by atoms with Crippen molar-refractivity contribution >= 4 is 0 Å². The van der Waals surface area contributed by atoms with E-state index in [0.29, 0.717) is 6.10 Å². The lowest BCUT2D eigenvalue weighted by molar-refractivity contribution is -0.00958. The average molecular weight is 252 g/mol. The van der Waals surface area contributed by atoms with Crippen LogP contribution >= 0.6 is 0 Å². The van der Waals surface area contributed by atoms with Gasteiger partial charge in [0.05, 0.1) is 6.10 Å². The highest BCUT2D eigenvalue weighted by molar-refractivity contribution is 4.74. The Morgan fingerprint density at radius 1 is 0.833 bits per heavy atom. The molecule has 0 spiro atoms. The van der Waals surface area contributed by atoms with Gasteiger partial charge in [0.15, 0.2) is 0 Å². The summed E-state index contributed by atoms with van der Waals surface area (Å²) in [5, 5.41) is 0. The second-order valence-corrected chi connectivity index (χ2v) is 6.89. The van der Waals surface area contributed by atoms with E-state index in [1.807, 2.05) is 0 Å². The number of hydrogen-bond acceptors (Lipinski definition) is 1. The van der Waals surface area contributed by atoms with Crippen molar-refractivity contribution in [2.75, 3.05) is 6.61 Å². The van der Waals surface area contributed by atoms with Crippen LogP contribution in [0.2, 0.25) is 0 Å². The molecule has 0 bridgehead atoms. The van der Waals surface area contributed by atoms with Crippen molar-refractivity contribution in [2.24, 2.45) is 17.8 Å². The van der Waals surface area contributed by atoms with Gasteiger partial charge in [-0.3, -0.25) is 0 Å². The Labute approximate surface area is 114 Å². The molecule has 1 nitrogen and oxygen atoms in total. The first kappa shape index (κ1) is 14.4. The van der Waals surface area contributed by atoms with Gasteiger partial charge in [-0.1, -0.05) is 39.5 Å². The smallest absolute Gasteiger partial charge is 0.0575 e. The van der Waals surface area contributed by atoms with Crippen LogP contribution < -0.4 is 0 Å². The monoisotopic (exact) mass is 252 g/mol.